The zero-order chi connectivity index (χ0) is 19.8. The van der Waals surface area contributed by atoms with Crippen molar-refractivity contribution in [2.75, 3.05) is 26.2 Å². The van der Waals surface area contributed by atoms with Gasteiger partial charge in [0.25, 0.3) is 11.8 Å². The van der Waals surface area contributed by atoms with Crippen LogP contribution in [0.4, 0.5) is 0 Å². The average molecular weight is 382 g/mol. The highest BCUT2D eigenvalue weighted by molar-refractivity contribution is 5.98. The van der Waals surface area contributed by atoms with Crippen molar-refractivity contribution in [1.82, 2.24) is 19.8 Å². The summed E-state index contributed by atoms with van der Waals surface area (Å²) in [4.78, 5) is 35.6. The number of carbonyl (C=O) groups is 2. The summed E-state index contributed by atoms with van der Waals surface area (Å²) in [6, 6.07) is 7.47. The highest BCUT2D eigenvalue weighted by Gasteiger charge is 2.26. The van der Waals surface area contributed by atoms with Gasteiger partial charge in [-0.25, -0.2) is 4.98 Å². The maximum atomic E-state index is 12.7. The molecule has 1 aliphatic rings. The zero-order valence-electron chi connectivity index (χ0n) is 14.8. The largest absolute Gasteiger partial charge is 0.504 e. The van der Waals surface area contributed by atoms with Crippen molar-refractivity contribution in [3.63, 3.8) is 0 Å². The lowest BCUT2D eigenvalue weighted by atomic mass is 10.1. The van der Waals surface area contributed by atoms with Crippen LogP contribution in [0.25, 0.3) is 11.0 Å². The number of carbonyl (C=O) groups excluding carboxylic acids is 2. The fourth-order valence-corrected chi connectivity index (χ4v) is 3.27. The minimum absolute atomic E-state index is 0.0669. The third-order valence-corrected chi connectivity index (χ3v) is 4.84. The van der Waals surface area contributed by atoms with E-state index < -0.39 is 23.2 Å². The number of phenolic OH excluding ortho intramolecular Hbond substituents is 3. The summed E-state index contributed by atoms with van der Waals surface area (Å²) in [6.07, 6.45) is 1.57. The number of H-pyrrole nitrogens is 1. The molecule has 9 heteroatoms. The molecule has 2 amide bonds. The molecule has 9 nitrogen and oxygen atoms in total. The second kappa shape index (κ2) is 6.76. The lowest BCUT2D eigenvalue weighted by molar-refractivity contribution is 0.0535. The predicted molar refractivity (Wildman–Crippen MR) is 99.3 cm³/mol. The summed E-state index contributed by atoms with van der Waals surface area (Å²) in [5.74, 6) is -2.31. The molecule has 28 heavy (non-hydrogen) atoms. The third-order valence-electron chi connectivity index (χ3n) is 4.84. The molecular weight excluding hydrogens is 364 g/mol. The maximum absolute atomic E-state index is 12.7. The van der Waals surface area contributed by atoms with Gasteiger partial charge in [0.05, 0.1) is 17.4 Å². The molecule has 1 fully saturated rings. The number of fused-ring (bicyclic) bond motifs is 1. The van der Waals surface area contributed by atoms with Crippen LogP contribution in [0.2, 0.25) is 0 Å². The summed E-state index contributed by atoms with van der Waals surface area (Å²) < 4.78 is 0. The van der Waals surface area contributed by atoms with Crippen molar-refractivity contribution in [3.05, 3.63) is 47.8 Å². The first-order chi connectivity index (χ1) is 13.4. The van der Waals surface area contributed by atoms with E-state index in [0.717, 1.165) is 23.2 Å². The van der Waals surface area contributed by atoms with Crippen LogP contribution in [0.1, 0.15) is 20.7 Å². The Morgan fingerprint density at radius 3 is 2.04 bits per heavy atom. The first-order valence-electron chi connectivity index (χ1n) is 8.70. The topological polar surface area (TPSA) is 130 Å². The molecule has 4 N–H and O–H groups in total. The van der Waals surface area contributed by atoms with E-state index in [0.29, 0.717) is 31.7 Å². The van der Waals surface area contributed by atoms with Gasteiger partial charge in [-0.1, -0.05) is 0 Å². The number of hydrogen-bond acceptors (Lipinski definition) is 6. The SMILES string of the molecule is O=C(c1cc(O)c(O)c(O)c1)N1CCN(C(=O)c2ccc3nc[nH]c3c2)CC1. The minimum Gasteiger partial charge on any atom is -0.504 e. The number of amides is 2. The fourth-order valence-electron chi connectivity index (χ4n) is 3.27. The van der Waals surface area contributed by atoms with Crippen molar-refractivity contribution >= 4 is 22.8 Å². The minimum atomic E-state index is -0.666. The van der Waals surface area contributed by atoms with Gasteiger partial charge >= 0.3 is 0 Å². The van der Waals surface area contributed by atoms with E-state index in [2.05, 4.69) is 9.97 Å². The number of nitrogens with zero attached hydrogens (tertiary/aromatic N) is 3. The molecule has 0 unspecified atom stereocenters. The molecule has 0 atom stereocenters. The Morgan fingerprint density at radius 1 is 0.857 bits per heavy atom. The normalized spacial score (nSPS) is 14.4. The molecule has 1 aromatic heterocycles. The Hall–Kier alpha value is -3.75. The van der Waals surface area contributed by atoms with E-state index in [1.165, 1.54) is 4.90 Å². The molecule has 3 aromatic rings. The van der Waals surface area contributed by atoms with Gasteiger partial charge in [0, 0.05) is 37.3 Å². The van der Waals surface area contributed by atoms with E-state index >= 15 is 0 Å². The molecular formula is C19H18N4O5. The van der Waals surface area contributed by atoms with Crippen molar-refractivity contribution < 1.29 is 24.9 Å². The Balaban J connectivity index is 1.44. The molecule has 2 aromatic carbocycles. The summed E-state index contributed by atoms with van der Waals surface area (Å²) in [7, 11) is 0. The monoisotopic (exact) mass is 382 g/mol. The van der Waals surface area contributed by atoms with Crippen LogP contribution < -0.4 is 0 Å². The van der Waals surface area contributed by atoms with Crippen LogP contribution >= 0.6 is 0 Å². The zero-order valence-corrected chi connectivity index (χ0v) is 14.8. The standard InChI is InChI=1S/C19H18N4O5/c24-15-8-12(9-16(25)17(15)26)19(28)23-5-3-22(4-6-23)18(27)11-1-2-13-14(7-11)21-10-20-13/h1-2,7-10,24-26H,3-6H2,(H,20,21). The Labute approximate surface area is 159 Å². The lowest BCUT2D eigenvalue weighted by Crippen LogP contribution is -2.50. The highest BCUT2D eigenvalue weighted by atomic mass is 16.3. The Morgan fingerprint density at radius 2 is 1.43 bits per heavy atom. The van der Waals surface area contributed by atoms with Gasteiger partial charge in [-0.2, -0.15) is 0 Å². The number of benzene rings is 2. The molecule has 0 bridgehead atoms. The number of phenols is 3. The molecule has 144 valence electrons. The molecule has 1 saturated heterocycles. The number of rotatable bonds is 2. The highest BCUT2D eigenvalue weighted by Crippen LogP contribution is 2.35. The van der Waals surface area contributed by atoms with Crippen LogP contribution in [0.5, 0.6) is 17.2 Å². The number of piperazine rings is 1. The van der Waals surface area contributed by atoms with Gasteiger partial charge in [-0.15, -0.1) is 0 Å². The first kappa shape index (κ1) is 17.7. The van der Waals surface area contributed by atoms with Gasteiger partial charge in [0.1, 0.15) is 0 Å². The quantitative estimate of drug-likeness (QED) is 0.494. The molecule has 2 heterocycles. The number of hydrogen-bond donors (Lipinski definition) is 4. The van der Waals surface area contributed by atoms with Gasteiger partial charge in [-0.05, 0) is 30.3 Å². The van der Waals surface area contributed by atoms with Crippen LogP contribution in [0.3, 0.4) is 0 Å². The van der Waals surface area contributed by atoms with Crippen LogP contribution in [-0.2, 0) is 0 Å². The van der Waals surface area contributed by atoms with Gasteiger partial charge in [-0.3, -0.25) is 9.59 Å². The molecule has 0 saturated carbocycles. The lowest BCUT2D eigenvalue weighted by Gasteiger charge is -2.35. The van der Waals surface area contributed by atoms with E-state index in [4.69, 9.17) is 0 Å². The predicted octanol–water partition coefficient (Wildman–Crippen LogP) is 1.28. The van der Waals surface area contributed by atoms with Crippen LogP contribution in [0, 0.1) is 0 Å². The van der Waals surface area contributed by atoms with Crippen molar-refractivity contribution in [1.29, 1.82) is 0 Å². The molecule has 0 radical (unpaired) electrons. The van der Waals surface area contributed by atoms with Crippen LogP contribution in [-0.4, -0.2) is 73.1 Å². The van der Waals surface area contributed by atoms with Crippen molar-refractivity contribution in [2.45, 2.75) is 0 Å². The fraction of sp³-hybridized carbons (Fsp3) is 0.211. The second-order valence-electron chi connectivity index (χ2n) is 6.58. The smallest absolute Gasteiger partial charge is 0.254 e. The number of imidazole rings is 1. The number of nitrogens with one attached hydrogen (secondary N) is 1. The van der Waals surface area contributed by atoms with Gasteiger partial charge in [0.15, 0.2) is 17.2 Å². The van der Waals surface area contributed by atoms with E-state index in [-0.39, 0.29) is 11.5 Å². The number of aromatic amines is 1. The van der Waals surface area contributed by atoms with E-state index in [9.17, 15) is 24.9 Å². The van der Waals surface area contributed by atoms with E-state index in [1.807, 2.05) is 0 Å². The third kappa shape index (κ3) is 3.07. The summed E-state index contributed by atoms with van der Waals surface area (Å²) in [5, 5.41) is 28.6. The number of aromatic hydroxyl groups is 3. The molecule has 1 aliphatic heterocycles. The van der Waals surface area contributed by atoms with Gasteiger partial charge < -0.3 is 30.1 Å². The molecule has 4 rings (SSSR count). The Kier molecular flexibility index (Phi) is 4.26. The van der Waals surface area contributed by atoms with Gasteiger partial charge in [0.2, 0.25) is 0 Å². The second-order valence-corrected chi connectivity index (χ2v) is 6.58. The van der Waals surface area contributed by atoms with E-state index in [1.54, 1.807) is 29.4 Å². The first-order valence-corrected chi connectivity index (χ1v) is 8.70. The summed E-state index contributed by atoms with van der Waals surface area (Å²) in [5.41, 5.74) is 2.18. The average Bonchev–Trinajstić information content (AvgIpc) is 3.18. The molecule has 0 aliphatic carbocycles. The Bertz CT molecular complexity index is 1050. The van der Waals surface area contributed by atoms with Crippen molar-refractivity contribution in [2.24, 2.45) is 0 Å². The molecule has 0 spiro atoms. The summed E-state index contributed by atoms with van der Waals surface area (Å²) in [6.45, 7) is 1.36. The van der Waals surface area contributed by atoms with Crippen LogP contribution in [0.15, 0.2) is 36.7 Å². The maximum Gasteiger partial charge on any atom is 0.254 e. The number of aromatic nitrogens is 2. The van der Waals surface area contributed by atoms with Crippen molar-refractivity contribution in [3.8, 4) is 17.2 Å². The summed E-state index contributed by atoms with van der Waals surface area (Å²) >= 11 is 0.